The van der Waals surface area contributed by atoms with Gasteiger partial charge in [-0.25, -0.2) is 9.78 Å². The van der Waals surface area contributed by atoms with Crippen molar-refractivity contribution in [1.29, 1.82) is 0 Å². The minimum absolute atomic E-state index is 0.0868. The normalized spacial score (nSPS) is 14.0. The van der Waals surface area contributed by atoms with Crippen LogP contribution in [0.5, 0.6) is 0 Å². The quantitative estimate of drug-likeness (QED) is 0.720. The molecule has 0 atom stereocenters. The number of carbonyl (C=O) groups excluding carboxylic acids is 3. The van der Waals surface area contributed by atoms with Crippen molar-refractivity contribution in [1.82, 2.24) is 15.2 Å². The molecular weight excluding hydrogens is 398 g/mol. The molecule has 2 aromatic heterocycles. The van der Waals surface area contributed by atoms with E-state index in [1.807, 2.05) is 0 Å². The number of hydrogen-bond donors (Lipinski definition) is 1. The molecule has 1 aliphatic heterocycles. The van der Waals surface area contributed by atoms with E-state index in [2.05, 4.69) is 29.0 Å². The Kier molecular flexibility index (Phi) is 6.58. The van der Waals surface area contributed by atoms with Crippen LogP contribution in [0.1, 0.15) is 56.4 Å². The molecule has 0 spiro atoms. The van der Waals surface area contributed by atoms with Crippen LogP contribution in [0.25, 0.3) is 0 Å². The number of amides is 2. The first-order valence-electron chi connectivity index (χ1n) is 9.19. The molecule has 0 bridgehead atoms. The van der Waals surface area contributed by atoms with Crippen LogP contribution < -0.4 is 5.32 Å². The second kappa shape index (κ2) is 8.93. The van der Waals surface area contributed by atoms with Gasteiger partial charge in [-0.15, -0.1) is 22.7 Å². The number of Topliss-reactive ketones (excluding diaryl/α,β-unsaturated/α-hetero) is 1. The van der Waals surface area contributed by atoms with E-state index in [-0.39, 0.29) is 18.8 Å². The van der Waals surface area contributed by atoms with Gasteiger partial charge < -0.3 is 4.74 Å². The maximum Gasteiger partial charge on any atom is 0.414 e. The molecule has 2 aromatic rings. The molecule has 0 unspecified atom stereocenters. The van der Waals surface area contributed by atoms with E-state index in [0.717, 1.165) is 25.2 Å². The number of ketones is 1. The Morgan fingerprint density at radius 2 is 2.14 bits per heavy atom. The predicted molar refractivity (Wildman–Crippen MR) is 108 cm³/mol. The summed E-state index contributed by atoms with van der Waals surface area (Å²) in [6, 6.07) is 2.05. The average Bonchev–Trinajstić information content (AvgIpc) is 3.27. The largest absolute Gasteiger partial charge is 0.450 e. The molecule has 3 rings (SSSR count). The van der Waals surface area contributed by atoms with Gasteiger partial charge in [0.15, 0.2) is 10.8 Å². The lowest BCUT2D eigenvalue weighted by atomic mass is 10.1. The Bertz CT molecular complexity index is 888. The Hall–Kier alpha value is -2.10. The molecule has 0 radical (unpaired) electrons. The molecule has 28 heavy (non-hydrogen) atoms. The SMILES string of the molecule is CCOC(=O)NC(=O)c1ccsc1CC(=O)c1nc2c(s1)CCN(C(C)C)C2. The fourth-order valence-corrected chi connectivity index (χ4v) is 4.87. The van der Waals surface area contributed by atoms with Gasteiger partial charge in [0.2, 0.25) is 0 Å². The molecule has 0 fully saturated rings. The average molecular weight is 422 g/mol. The van der Waals surface area contributed by atoms with Crippen molar-refractivity contribution in [3.05, 3.63) is 37.5 Å². The van der Waals surface area contributed by atoms with Gasteiger partial charge in [-0.05, 0) is 38.6 Å². The van der Waals surface area contributed by atoms with Crippen molar-refractivity contribution >= 4 is 40.5 Å². The molecule has 1 aliphatic rings. The van der Waals surface area contributed by atoms with Crippen LogP contribution in [-0.4, -0.2) is 46.9 Å². The highest BCUT2D eigenvalue weighted by molar-refractivity contribution is 7.14. The molecule has 0 aromatic carbocycles. The number of nitrogens with zero attached hydrogens (tertiary/aromatic N) is 2. The van der Waals surface area contributed by atoms with E-state index in [9.17, 15) is 14.4 Å². The van der Waals surface area contributed by atoms with Crippen molar-refractivity contribution in [2.75, 3.05) is 13.2 Å². The fraction of sp³-hybridized carbons (Fsp3) is 0.474. The summed E-state index contributed by atoms with van der Waals surface area (Å²) in [5.41, 5.74) is 1.30. The number of ether oxygens (including phenoxy) is 1. The van der Waals surface area contributed by atoms with E-state index in [4.69, 9.17) is 4.74 Å². The van der Waals surface area contributed by atoms with Crippen LogP contribution in [0.2, 0.25) is 0 Å². The van der Waals surface area contributed by atoms with Crippen LogP contribution in [0, 0.1) is 0 Å². The first-order valence-corrected chi connectivity index (χ1v) is 10.9. The van der Waals surface area contributed by atoms with Gasteiger partial charge in [0.1, 0.15) is 0 Å². The molecule has 7 nitrogen and oxygen atoms in total. The number of thiophene rings is 1. The Labute approximate surface area is 171 Å². The lowest BCUT2D eigenvalue weighted by Crippen LogP contribution is -2.35. The van der Waals surface area contributed by atoms with E-state index in [1.54, 1.807) is 18.4 Å². The van der Waals surface area contributed by atoms with Crippen LogP contribution in [-0.2, 0) is 24.1 Å². The summed E-state index contributed by atoms with van der Waals surface area (Å²) < 4.78 is 4.73. The van der Waals surface area contributed by atoms with Crippen LogP contribution in [0.4, 0.5) is 4.79 Å². The van der Waals surface area contributed by atoms with Gasteiger partial charge in [-0.2, -0.15) is 0 Å². The number of hydrogen-bond acceptors (Lipinski definition) is 8. The summed E-state index contributed by atoms with van der Waals surface area (Å²) in [6.07, 6.45) is 0.201. The third kappa shape index (κ3) is 4.65. The molecule has 0 aliphatic carbocycles. The monoisotopic (exact) mass is 421 g/mol. The van der Waals surface area contributed by atoms with E-state index < -0.39 is 12.0 Å². The molecular formula is C19H23N3O4S2. The highest BCUT2D eigenvalue weighted by atomic mass is 32.1. The third-order valence-corrected chi connectivity index (χ3v) is 6.65. The lowest BCUT2D eigenvalue weighted by molar-refractivity contribution is 0.0925. The van der Waals surface area contributed by atoms with Crippen LogP contribution in [0.3, 0.4) is 0 Å². The second-order valence-corrected chi connectivity index (χ2v) is 8.82. The third-order valence-electron chi connectivity index (χ3n) is 4.53. The van der Waals surface area contributed by atoms with E-state index >= 15 is 0 Å². The smallest absolute Gasteiger partial charge is 0.414 e. The summed E-state index contributed by atoms with van der Waals surface area (Å²) >= 11 is 2.77. The fourth-order valence-electron chi connectivity index (χ4n) is 3.01. The number of thiazole rings is 1. The molecule has 0 saturated carbocycles. The van der Waals surface area contributed by atoms with Gasteiger partial charge in [-0.3, -0.25) is 19.8 Å². The topological polar surface area (TPSA) is 88.6 Å². The Balaban J connectivity index is 1.69. The number of imide groups is 1. The minimum Gasteiger partial charge on any atom is -0.450 e. The maximum absolute atomic E-state index is 12.8. The van der Waals surface area contributed by atoms with Crippen molar-refractivity contribution in [3.63, 3.8) is 0 Å². The van der Waals surface area contributed by atoms with Crippen LogP contribution in [0.15, 0.2) is 11.4 Å². The van der Waals surface area contributed by atoms with Crippen molar-refractivity contribution in [2.24, 2.45) is 0 Å². The summed E-state index contributed by atoms with van der Waals surface area (Å²) in [5.74, 6) is -0.670. The molecule has 2 amide bonds. The second-order valence-electron chi connectivity index (χ2n) is 6.74. The van der Waals surface area contributed by atoms with Gasteiger partial charge in [0, 0.05) is 35.3 Å². The zero-order valence-electron chi connectivity index (χ0n) is 16.1. The van der Waals surface area contributed by atoms with Crippen molar-refractivity contribution < 1.29 is 19.1 Å². The van der Waals surface area contributed by atoms with Crippen molar-refractivity contribution in [2.45, 2.75) is 46.2 Å². The first-order chi connectivity index (χ1) is 13.4. The number of rotatable bonds is 6. The zero-order chi connectivity index (χ0) is 20.3. The minimum atomic E-state index is -0.793. The van der Waals surface area contributed by atoms with Gasteiger partial charge in [0.05, 0.1) is 17.9 Å². The van der Waals surface area contributed by atoms with E-state index in [0.29, 0.717) is 21.5 Å². The number of carbonyl (C=O) groups is 3. The summed E-state index contributed by atoms with van der Waals surface area (Å²) in [6.45, 7) is 7.89. The summed E-state index contributed by atoms with van der Waals surface area (Å²) in [7, 11) is 0. The van der Waals surface area contributed by atoms with E-state index in [1.165, 1.54) is 27.6 Å². The summed E-state index contributed by atoms with van der Waals surface area (Å²) in [5, 5.41) is 4.39. The van der Waals surface area contributed by atoms with Crippen LogP contribution >= 0.6 is 22.7 Å². The number of fused-ring (bicyclic) bond motifs is 1. The molecule has 9 heteroatoms. The number of alkyl carbamates (subject to hydrolysis) is 1. The lowest BCUT2D eigenvalue weighted by Gasteiger charge is -2.29. The zero-order valence-corrected chi connectivity index (χ0v) is 17.7. The number of nitrogens with one attached hydrogen (secondary N) is 1. The predicted octanol–water partition coefficient (Wildman–Crippen LogP) is 3.28. The summed E-state index contributed by atoms with van der Waals surface area (Å²) in [4.78, 5) is 45.2. The highest BCUT2D eigenvalue weighted by Crippen LogP contribution is 2.28. The standard InChI is InChI=1S/C19H23N3O4S2/c1-4-26-19(25)21-17(24)12-6-8-27-16(12)9-14(23)18-20-13-10-22(11(2)3)7-5-15(13)28-18/h6,8,11H,4-5,7,9-10H2,1-3H3,(H,21,24,25). The number of aromatic nitrogens is 1. The molecule has 150 valence electrons. The molecule has 0 saturated heterocycles. The molecule has 1 N–H and O–H groups in total. The highest BCUT2D eigenvalue weighted by Gasteiger charge is 2.25. The molecule has 3 heterocycles. The van der Waals surface area contributed by atoms with Gasteiger partial charge in [-0.1, -0.05) is 0 Å². The van der Waals surface area contributed by atoms with Gasteiger partial charge in [0.25, 0.3) is 5.91 Å². The maximum atomic E-state index is 12.8. The Morgan fingerprint density at radius 1 is 1.36 bits per heavy atom. The van der Waals surface area contributed by atoms with Gasteiger partial charge >= 0.3 is 6.09 Å². The first kappa shape index (κ1) is 20.6. The van der Waals surface area contributed by atoms with Crippen molar-refractivity contribution in [3.8, 4) is 0 Å². The Morgan fingerprint density at radius 3 is 2.86 bits per heavy atom.